The maximum atomic E-state index is 13.6. The maximum Gasteiger partial charge on any atom is 0.416 e. The van der Waals surface area contributed by atoms with Crippen LogP contribution in [-0.2, 0) is 11.6 Å². The molecule has 0 aliphatic heterocycles. The molecule has 0 amide bonds. The fraction of sp³-hybridized carbons (Fsp3) is 0.162. The van der Waals surface area contributed by atoms with Crippen molar-refractivity contribution in [1.82, 2.24) is 4.57 Å². The average molecular weight is 560 g/mol. The van der Waals surface area contributed by atoms with Crippen LogP contribution in [0.5, 0.6) is 0 Å². The summed E-state index contributed by atoms with van der Waals surface area (Å²) in [5, 5.41) is 2.40. The molecule has 0 saturated heterocycles. The number of benzene rings is 5. The molecule has 1 heterocycles. The first kappa shape index (κ1) is 26.3. The van der Waals surface area contributed by atoms with E-state index >= 15 is 0 Å². The molecule has 0 atom stereocenters. The summed E-state index contributed by atoms with van der Waals surface area (Å²) in [5.74, 6) is -0.246. The summed E-state index contributed by atoms with van der Waals surface area (Å²) in [5.41, 5.74) is 8.01. The molecule has 2 nitrogen and oxygen atoms in total. The second kappa shape index (κ2) is 8.93. The molecule has 1 aromatic heterocycles. The van der Waals surface area contributed by atoms with Gasteiger partial charge in [0.15, 0.2) is 5.78 Å². The van der Waals surface area contributed by atoms with Crippen molar-refractivity contribution in [3.8, 4) is 16.8 Å². The standard InChI is InChI=1S/C37H28F3NO/c1-21-8-5-12-27-28-13-6-9-22(2)34(28)41(33(21)27)26-11-7-10-23(18-26)24-14-16-29-31(19-24)36(3,4)32-20-25(37(38,39)40)15-17-30(32)35(29)42/h5-20H,1-4H3. The molecule has 7 rings (SSSR count). The van der Waals surface area contributed by atoms with E-state index in [1.807, 2.05) is 44.2 Å². The van der Waals surface area contributed by atoms with Gasteiger partial charge in [0.25, 0.3) is 0 Å². The second-order valence-corrected chi connectivity index (χ2v) is 11.8. The van der Waals surface area contributed by atoms with Gasteiger partial charge in [-0.3, -0.25) is 4.79 Å². The van der Waals surface area contributed by atoms with Crippen LogP contribution in [0.25, 0.3) is 38.6 Å². The van der Waals surface area contributed by atoms with Gasteiger partial charge in [-0.1, -0.05) is 80.6 Å². The number of aryl methyl sites for hydroxylation is 2. The first-order valence-electron chi connectivity index (χ1n) is 14.0. The van der Waals surface area contributed by atoms with Crippen LogP contribution in [-0.4, -0.2) is 10.4 Å². The van der Waals surface area contributed by atoms with Gasteiger partial charge in [0, 0.05) is 33.0 Å². The van der Waals surface area contributed by atoms with Gasteiger partial charge in [-0.25, -0.2) is 0 Å². The lowest BCUT2D eigenvalue weighted by atomic mass is 9.67. The Hall–Kier alpha value is -4.64. The van der Waals surface area contributed by atoms with Crippen LogP contribution in [0.15, 0.2) is 97.1 Å². The Bertz CT molecular complexity index is 2040. The van der Waals surface area contributed by atoms with Gasteiger partial charge in [0.2, 0.25) is 0 Å². The normalized spacial score (nSPS) is 14.3. The highest BCUT2D eigenvalue weighted by Gasteiger charge is 2.40. The quantitative estimate of drug-likeness (QED) is 0.207. The molecule has 0 N–H and O–H groups in total. The van der Waals surface area contributed by atoms with Crippen LogP contribution in [0.4, 0.5) is 13.2 Å². The second-order valence-electron chi connectivity index (χ2n) is 11.8. The summed E-state index contributed by atoms with van der Waals surface area (Å²) in [7, 11) is 0. The minimum Gasteiger partial charge on any atom is -0.309 e. The molecule has 1 aliphatic carbocycles. The first-order valence-corrected chi connectivity index (χ1v) is 14.0. The van der Waals surface area contributed by atoms with Crippen LogP contribution < -0.4 is 0 Å². The van der Waals surface area contributed by atoms with E-state index in [0.29, 0.717) is 16.7 Å². The van der Waals surface area contributed by atoms with Gasteiger partial charge < -0.3 is 4.57 Å². The number of ketones is 1. The summed E-state index contributed by atoms with van der Waals surface area (Å²) in [6, 6.07) is 30.2. The molecule has 1 aliphatic rings. The van der Waals surface area contributed by atoms with Crippen molar-refractivity contribution in [2.45, 2.75) is 39.3 Å². The predicted octanol–water partition coefficient (Wildman–Crippen LogP) is 9.96. The minimum atomic E-state index is -4.49. The topological polar surface area (TPSA) is 22.0 Å². The van der Waals surface area contributed by atoms with E-state index in [-0.39, 0.29) is 5.78 Å². The minimum absolute atomic E-state index is 0.246. The van der Waals surface area contributed by atoms with Crippen LogP contribution in [0, 0.1) is 13.8 Å². The molecule has 42 heavy (non-hydrogen) atoms. The molecule has 0 bridgehead atoms. The summed E-state index contributed by atoms with van der Waals surface area (Å²) in [6.07, 6.45) is -4.49. The van der Waals surface area contributed by atoms with Gasteiger partial charge in [-0.15, -0.1) is 0 Å². The third-order valence-corrected chi connectivity index (χ3v) is 8.85. The van der Waals surface area contributed by atoms with E-state index in [0.717, 1.165) is 45.5 Å². The third kappa shape index (κ3) is 3.76. The number of alkyl halides is 3. The zero-order chi connectivity index (χ0) is 29.6. The van der Waals surface area contributed by atoms with Crippen molar-refractivity contribution in [2.75, 3.05) is 0 Å². The number of hydrogen-bond donors (Lipinski definition) is 0. The highest BCUT2D eigenvalue weighted by molar-refractivity contribution is 6.14. The summed E-state index contributed by atoms with van der Waals surface area (Å²) < 4.78 is 43.1. The number of carbonyl (C=O) groups excluding carboxylic acids is 1. The zero-order valence-electron chi connectivity index (χ0n) is 23.7. The fourth-order valence-corrected chi connectivity index (χ4v) is 6.71. The summed E-state index contributed by atoms with van der Waals surface area (Å²) in [6.45, 7) is 8.03. The Morgan fingerprint density at radius 2 is 1.19 bits per heavy atom. The van der Waals surface area contributed by atoms with E-state index in [4.69, 9.17) is 0 Å². The molecule has 208 valence electrons. The molecule has 0 radical (unpaired) electrons. The van der Waals surface area contributed by atoms with Crippen molar-refractivity contribution in [3.05, 3.63) is 136 Å². The molecule has 5 aromatic carbocycles. The number of carbonyl (C=O) groups is 1. The summed E-state index contributed by atoms with van der Waals surface area (Å²) >= 11 is 0. The van der Waals surface area contributed by atoms with E-state index < -0.39 is 17.2 Å². The van der Waals surface area contributed by atoms with Crippen LogP contribution in [0.3, 0.4) is 0 Å². The number of halogens is 3. The zero-order valence-corrected chi connectivity index (χ0v) is 23.7. The number of hydrogen-bond acceptors (Lipinski definition) is 1. The molecule has 0 spiro atoms. The Morgan fingerprint density at radius 3 is 1.81 bits per heavy atom. The molecule has 0 fully saturated rings. The largest absolute Gasteiger partial charge is 0.416 e. The molecule has 6 aromatic rings. The van der Waals surface area contributed by atoms with Crippen LogP contribution in [0.2, 0.25) is 0 Å². The highest BCUT2D eigenvalue weighted by atomic mass is 19.4. The van der Waals surface area contributed by atoms with Gasteiger partial charge >= 0.3 is 6.18 Å². The predicted molar refractivity (Wildman–Crippen MR) is 163 cm³/mol. The lowest BCUT2D eigenvalue weighted by Gasteiger charge is -2.35. The van der Waals surface area contributed by atoms with Crippen molar-refractivity contribution in [1.29, 1.82) is 0 Å². The smallest absolute Gasteiger partial charge is 0.309 e. The van der Waals surface area contributed by atoms with E-state index in [2.05, 4.69) is 66.9 Å². The van der Waals surface area contributed by atoms with E-state index in [1.165, 1.54) is 28.0 Å². The Balaban J connectivity index is 1.40. The van der Waals surface area contributed by atoms with E-state index in [1.54, 1.807) is 0 Å². The molecular weight excluding hydrogens is 531 g/mol. The van der Waals surface area contributed by atoms with Crippen LogP contribution >= 0.6 is 0 Å². The Kier molecular flexibility index (Phi) is 5.58. The van der Waals surface area contributed by atoms with Crippen molar-refractivity contribution < 1.29 is 18.0 Å². The number of aromatic nitrogens is 1. The first-order chi connectivity index (χ1) is 20.0. The highest BCUT2D eigenvalue weighted by Crippen LogP contribution is 2.45. The van der Waals surface area contributed by atoms with Crippen molar-refractivity contribution in [3.63, 3.8) is 0 Å². The number of nitrogens with zero attached hydrogens (tertiary/aromatic N) is 1. The van der Waals surface area contributed by atoms with Crippen molar-refractivity contribution in [2.24, 2.45) is 0 Å². The van der Waals surface area contributed by atoms with Gasteiger partial charge in [-0.05, 0) is 77.6 Å². The molecule has 0 saturated carbocycles. The van der Waals surface area contributed by atoms with Gasteiger partial charge in [-0.2, -0.15) is 13.2 Å². The number of rotatable bonds is 2. The van der Waals surface area contributed by atoms with Gasteiger partial charge in [0.05, 0.1) is 16.6 Å². The van der Waals surface area contributed by atoms with Gasteiger partial charge in [0.1, 0.15) is 0 Å². The molecule has 5 heteroatoms. The average Bonchev–Trinajstić information content (AvgIpc) is 3.32. The number of para-hydroxylation sites is 2. The SMILES string of the molecule is Cc1cccc2c3cccc(C)c3n(-c3cccc(-c4ccc5c(c4)C(C)(C)c4cc(C(F)(F)F)ccc4C5=O)c3)c12. The van der Waals surface area contributed by atoms with E-state index in [9.17, 15) is 18.0 Å². The lowest BCUT2D eigenvalue weighted by molar-refractivity contribution is -0.137. The Morgan fingerprint density at radius 1 is 0.643 bits per heavy atom. The Labute approximate surface area is 242 Å². The maximum absolute atomic E-state index is 13.6. The third-order valence-electron chi connectivity index (χ3n) is 8.85. The lowest BCUT2D eigenvalue weighted by Crippen LogP contribution is -2.31. The number of fused-ring (bicyclic) bond motifs is 5. The molecular formula is C37H28F3NO. The molecule has 0 unspecified atom stereocenters. The monoisotopic (exact) mass is 559 g/mol. The van der Waals surface area contributed by atoms with Crippen LogP contribution in [0.1, 0.15) is 57.6 Å². The summed E-state index contributed by atoms with van der Waals surface area (Å²) in [4.78, 5) is 13.4. The fourth-order valence-electron chi connectivity index (χ4n) is 6.71. The van der Waals surface area contributed by atoms with Crippen molar-refractivity contribution >= 4 is 27.6 Å².